The molecule has 0 amide bonds. The molecule has 1 aliphatic rings. The van der Waals surface area contributed by atoms with Crippen LogP contribution >= 0.6 is 0 Å². The molecule has 1 aromatic carbocycles. The van der Waals surface area contributed by atoms with Crippen LogP contribution in [0.3, 0.4) is 0 Å². The Labute approximate surface area is 128 Å². The number of hydrogen-bond acceptors (Lipinski definition) is 4. The summed E-state index contributed by atoms with van der Waals surface area (Å²) in [5.74, 6) is -0.224. The van der Waals surface area contributed by atoms with E-state index in [0.717, 1.165) is 35.4 Å². The van der Waals surface area contributed by atoms with Crippen LogP contribution in [0.2, 0.25) is 0 Å². The molecule has 1 saturated heterocycles. The molecule has 22 heavy (non-hydrogen) atoms. The molecule has 118 valence electrons. The lowest BCUT2D eigenvalue weighted by atomic mass is 10.1. The minimum Gasteiger partial charge on any atom is -0.491 e. The molecule has 0 aliphatic carbocycles. The first-order valence-corrected chi connectivity index (χ1v) is 7.44. The van der Waals surface area contributed by atoms with Crippen LogP contribution in [0.4, 0.5) is 5.69 Å². The Kier molecular flexibility index (Phi) is 3.94. The second-order valence-corrected chi connectivity index (χ2v) is 5.66. The van der Waals surface area contributed by atoms with Gasteiger partial charge < -0.3 is 24.5 Å². The third-order valence-corrected chi connectivity index (χ3v) is 3.64. The first-order chi connectivity index (χ1) is 10.5. The summed E-state index contributed by atoms with van der Waals surface area (Å²) in [6.07, 6.45) is 0.0592. The maximum Gasteiger partial charge on any atom is 0.352 e. The van der Waals surface area contributed by atoms with E-state index >= 15 is 0 Å². The molecular formula is C16H20N2O4. The van der Waals surface area contributed by atoms with Gasteiger partial charge in [-0.2, -0.15) is 0 Å². The average molecular weight is 304 g/mol. The Bertz CT molecular complexity index is 687. The van der Waals surface area contributed by atoms with Crippen LogP contribution in [0, 0.1) is 0 Å². The summed E-state index contributed by atoms with van der Waals surface area (Å²) >= 11 is 0. The molecule has 6 nitrogen and oxygen atoms in total. The molecule has 0 unspecified atom stereocenters. The van der Waals surface area contributed by atoms with Gasteiger partial charge in [-0.3, -0.25) is 0 Å². The minimum absolute atomic E-state index is 0.0592. The fraction of sp³-hybridized carbons (Fsp3) is 0.438. The summed E-state index contributed by atoms with van der Waals surface area (Å²) in [7, 11) is 0. The molecule has 2 N–H and O–H groups in total. The molecule has 1 aromatic heterocycles. The average Bonchev–Trinajstić information content (AvgIpc) is 2.91. The number of fused-ring (bicyclic) bond motifs is 1. The van der Waals surface area contributed by atoms with E-state index in [1.807, 2.05) is 26.0 Å². The molecule has 3 rings (SSSR count). The van der Waals surface area contributed by atoms with Crippen LogP contribution in [0.1, 0.15) is 24.3 Å². The Hall–Kier alpha value is -2.21. The van der Waals surface area contributed by atoms with Crippen LogP contribution in [-0.4, -0.2) is 48.5 Å². The molecule has 0 radical (unpaired) electrons. The highest BCUT2D eigenvalue weighted by Crippen LogP contribution is 2.33. The van der Waals surface area contributed by atoms with Gasteiger partial charge in [0.05, 0.1) is 30.5 Å². The van der Waals surface area contributed by atoms with Crippen molar-refractivity contribution >= 4 is 22.6 Å². The Morgan fingerprint density at radius 1 is 1.32 bits per heavy atom. The van der Waals surface area contributed by atoms with Crippen LogP contribution in [0.25, 0.3) is 10.9 Å². The van der Waals surface area contributed by atoms with E-state index in [-0.39, 0.29) is 11.8 Å². The van der Waals surface area contributed by atoms with Crippen LogP contribution in [0.15, 0.2) is 18.2 Å². The molecule has 2 aromatic rings. The summed E-state index contributed by atoms with van der Waals surface area (Å²) in [5.41, 5.74) is 1.95. The zero-order chi connectivity index (χ0) is 15.7. The Morgan fingerprint density at radius 3 is 2.68 bits per heavy atom. The molecular weight excluding hydrogens is 284 g/mol. The van der Waals surface area contributed by atoms with Gasteiger partial charge in [0, 0.05) is 30.6 Å². The standard InChI is InChI=1S/C16H20N2O4/c1-10(2)22-11-7-13-12(9-14(17-13)16(19)20)15(8-11)18-3-5-21-6-4-18/h7-10,17H,3-6H2,1-2H3,(H,19,20). The predicted molar refractivity (Wildman–Crippen MR) is 84.1 cm³/mol. The number of benzene rings is 1. The van der Waals surface area contributed by atoms with E-state index in [2.05, 4.69) is 9.88 Å². The van der Waals surface area contributed by atoms with Crippen molar-refractivity contribution in [2.75, 3.05) is 31.2 Å². The van der Waals surface area contributed by atoms with Crippen molar-refractivity contribution in [2.24, 2.45) is 0 Å². The van der Waals surface area contributed by atoms with Gasteiger partial charge >= 0.3 is 5.97 Å². The van der Waals surface area contributed by atoms with Gasteiger partial charge in [-0.05, 0) is 19.9 Å². The van der Waals surface area contributed by atoms with Gasteiger partial charge in [0.1, 0.15) is 11.4 Å². The highest BCUT2D eigenvalue weighted by molar-refractivity contribution is 6.00. The molecule has 0 atom stereocenters. The van der Waals surface area contributed by atoms with Crippen LogP contribution in [0.5, 0.6) is 5.75 Å². The number of carboxylic acid groups (broad SMARTS) is 1. The van der Waals surface area contributed by atoms with Gasteiger partial charge in [-0.25, -0.2) is 4.79 Å². The number of rotatable bonds is 4. The number of anilines is 1. The number of ether oxygens (including phenoxy) is 2. The largest absolute Gasteiger partial charge is 0.491 e. The van der Waals surface area contributed by atoms with Crippen molar-refractivity contribution in [2.45, 2.75) is 20.0 Å². The van der Waals surface area contributed by atoms with E-state index in [9.17, 15) is 9.90 Å². The SMILES string of the molecule is CC(C)Oc1cc(N2CCOCC2)c2cc(C(=O)O)[nH]c2c1. The van der Waals surface area contributed by atoms with Crippen molar-refractivity contribution in [1.82, 2.24) is 4.98 Å². The van der Waals surface area contributed by atoms with E-state index in [4.69, 9.17) is 9.47 Å². The van der Waals surface area contributed by atoms with Crippen molar-refractivity contribution in [3.63, 3.8) is 0 Å². The first-order valence-electron chi connectivity index (χ1n) is 7.44. The summed E-state index contributed by atoms with van der Waals surface area (Å²) in [4.78, 5) is 16.4. The summed E-state index contributed by atoms with van der Waals surface area (Å²) in [6.45, 7) is 6.85. The number of hydrogen-bond donors (Lipinski definition) is 2. The topological polar surface area (TPSA) is 74.8 Å². The third kappa shape index (κ3) is 2.87. The molecule has 1 aliphatic heterocycles. The van der Waals surface area contributed by atoms with Crippen LogP contribution < -0.4 is 9.64 Å². The Morgan fingerprint density at radius 2 is 2.05 bits per heavy atom. The van der Waals surface area contributed by atoms with Crippen LogP contribution in [-0.2, 0) is 4.74 Å². The Balaban J connectivity index is 2.10. The van der Waals surface area contributed by atoms with Gasteiger partial charge in [-0.15, -0.1) is 0 Å². The van der Waals surface area contributed by atoms with Gasteiger partial charge in [0.15, 0.2) is 0 Å². The number of carbonyl (C=O) groups is 1. The number of H-pyrrole nitrogens is 1. The molecule has 0 bridgehead atoms. The summed E-state index contributed by atoms with van der Waals surface area (Å²) < 4.78 is 11.2. The number of nitrogens with zero attached hydrogens (tertiary/aromatic N) is 1. The number of morpholine rings is 1. The zero-order valence-corrected chi connectivity index (χ0v) is 12.8. The molecule has 2 heterocycles. The van der Waals surface area contributed by atoms with Crippen molar-refractivity contribution < 1.29 is 19.4 Å². The molecule has 6 heteroatoms. The maximum absolute atomic E-state index is 11.2. The highest BCUT2D eigenvalue weighted by atomic mass is 16.5. The quantitative estimate of drug-likeness (QED) is 0.907. The third-order valence-electron chi connectivity index (χ3n) is 3.64. The molecule has 0 spiro atoms. The summed E-state index contributed by atoms with van der Waals surface area (Å²) in [5, 5.41) is 10.1. The van der Waals surface area contributed by atoms with Gasteiger partial charge in [0.25, 0.3) is 0 Å². The smallest absolute Gasteiger partial charge is 0.352 e. The first kappa shape index (κ1) is 14.7. The minimum atomic E-state index is -0.963. The summed E-state index contributed by atoms with van der Waals surface area (Å²) in [6, 6.07) is 5.51. The second kappa shape index (κ2) is 5.88. The van der Waals surface area contributed by atoms with Crippen molar-refractivity contribution in [3.05, 3.63) is 23.9 Å². The molecule has 0 saturated carbocycles. The van der Waals surface area contributed by atoms with E-state index in [1.54, 1.807) is 6.07 Å². The lowest BCUT2D eigenvalue weighted by Crippen LogP contribution is -2.36. The normalized spacial score (nSPS) is 15.5. The number of aromatic amines is 1. The van der Waals surface area contributed by atoms with Gasteiger partial charge in [-0.1, -0.05) is 0 Å². The lowest BCUT2D eigenvalue weighted by molar-refractivity contribution is 0.0691. The van der Waals surface area contributed by atoms with Crippen molar-refractivity contribution in [1.29, 1.82) is 0 Å². The monoisotopic (exact) mass is 304 g/mol. The number of nitrogens with one attached hydrogen (secondary N) is 1. The fourth-order valence-corrected chi connectivity index (χ4v) is 2.71. The fourth-order valence-electron chi connectivity index (χ4n) is 2.71. The number of aromatic nitrogens is 1. The predicted octanol–water partition coefficient (Wildman–Crippen LogP) is 2.49. The lowest BCUT2D eigenvalue weighted by Gasteiger charge is -2.30. The number of aromatic carboxylic acids is 1. The number of carboxylic acids is 1. The zero-order valence-electron chi connectivity index (χ0n) is 12.8. The highest BCUT2D eigenvalue weighted by Gasteiger charge is 2.18. The molecule has 1 fully saturated rings. The van der Waals surface area contributed by atoms with E-state index < -0.39 is 5.97 Å². The maximum atomic E-state index is 11.2. The van der Waals surface area contributed by atoms with E-state index in [0.29, 0.717) is 13.2 Å². The van der Waals surface area contributed by atoms with Gasteiger partial charge in [0.2, 0.25) is 0 Å². The van der Waals surface area contributed by atoms with Crippen molar-refractivity contribution in [3.8, 4) is 5.75 Å². The van der Waals surface area contributed by atoms with E-state index in [1.165, 1.54) is 0 Å². The second-order valence-electron chi connectivity index (χ2n) is 5.66.